The number of hydrogen-bond acceptors (Lipinski definition) is 4. The van der Waals surface area contributed by atoms with Crippen molar-refractivity contribution in [2.75, 3.05) is 14.2 Å². The Morgan fingerprint density at radius 1 is 1.00 bits per heavy atom. The zero-order chi connectivity index (χ0) is 22.7. The van der Waals surface area contributed by atoms with E-state index >= 15 is 0 Å². The molecule has 1 aromatic heterocycles. The Morgan fingerprint density at radius 3 is 2.22 bits per heavy atom. The van der Waals surface area contributed by atoms with E-state index in [0.717, 1.165) is 46.7 Å². The molecule has 166 valence electrons. The number of rotatable bonds is 7. The van der Waals surface area contributed by atoms with Gasteiger partial charge in [0, 0.05) is 17.7 Å². The molecule has 6 nitrogen and oxygen atoms in total. The molecule has 6 heteroatoms. The van der Waals surface area contributed by atoms with Crippen LogP contribution in [0.15, 0.2) is 48.5 Å². The van der Waals surface area contributed by atoms with Crippen LogP contribution in [0.1, 0.15) is 62.1 Å². The van der Waals surface area contributed by atoms with E-state index in [4.69, 9.17) is 9.47 Å². The smallest absolute Gasteiger partial charge is 0.268 e. The van der Waals surface area contributed by atoms with Crippen LogP contribution < -0.4 is 14.8 Å². The number of methoxy groups -OCH3 is 2. The van der Waals surface area contributed by atoms with E-state index in [9.17, 15) is 9.59 Å². The Labute approximate surface area is 187 Å². The van der Waals surface area contributed by atoms with E-state index in [0.29, 0.717) is 24.1 Å². The zero-order valence-corrected chi connectivity index (χ0v) is 18.7. The first-order valence-electron chi connectivity index (χ1n) is 10.8. The van der Waals surface area contributed by atoms with Crippen LogP contribution in [0, 0.1) is 6.92 Å². The third kappa shape index (κ3) is 4.40. The summed E-state index contributed by atoms with van der Waals surface area (Å²) >= 11 is 0. The number of nitrogens with one attached hydrogen (secondary N) is 2. The van der Waals surface area contributed by atoms with Crippen molar-refractivity contribution >= 4 is 11.7 Å². The lowest BCUT2D eigenvalue weighted by molar-refractivity contribution is 0.0930. The number of benzene rings is 2. The third-order valence-corrected chi connectivity index (χ3v) is 6.09. The molecule has 2 aromatic carbocycles. The first-order chi connectivity index (χ1) is 15.5. The number of carbonyl (C=O) groups is 2. The summed E-state index contributed by atoms with van der Waals surface area (Å²) < 4.78 is 10.5. The topological polar surface area (TPSA) is 80.4 Å². The van der Waals surface area contributed by atoms with Gasteiger partial charge in [-0.25, -0.2) is 0 Å². The van der Waals surface area contributed by atoms with Crippen molar-refractivity contribution < 1.29 is 19.1 Å². The first kappa shape index (κ1) is 21.7. The number of hydrogen-bond donors (Lipinski definition) is 2. The Hall–Kier alpha value is -3.54. The molecule has 0 unspecified atom stereocenters. The summed E-state index contributed by atoms with van der Waals surface area (Å²) in [7, 11) is 3.27. The molecule has 0 bridgehead atoms. The number of Topliss-reactive ketones (excluding diaryl/α,β-unsaturated/α-hetero) is 1. The van der Waals surface area contributed by atoms with Crippen molar-refractivity contribution in [3.8, 4) is 11.5 Å². The predicted octanol–water partition coefficient (Wildman–Crippen LogP) is 4.57. The Morgan fingerprint density at radius 2 is 1.62 bits per heavy atom. The number of fused-ring (bicyclic) bond motifs is 1. The van der Waals surface area contributed by atoms with Crippen molar-refractivity contribution in [1.82, 2.24) is 10.3 Å². The highest BCUT2D eigenvalue weighted by atomic mass is 16.5. The highest BCUT2D eigenvalue weighted by Gasteiger charge is 2.27. The summed E-state index contributed by atoms with van der Waals surface area (Å²) in [6, 6.07) is 15.3. The third-order valence-electron chi connectivity index (χ3n) is 6.09. The number of amides is 1. The molecule has 1 aliphatic rings. The second-order valence-corrected chi connectivity index (χ2v) is 8.11. The zero-order valence-electron chi connectivity index (χ0n) is 18.7. The van der Waals surface area contributed by atoms with Gasteiger partial charge in [-0.3, -0.25) is 9.59 Å². The number of H-pyrrole nitrogens is 1. The van der Waals surface area contributed by atoms with Crippen LogP contribution in [0.4, 0.5) is 0 Å². The lowest BCUT2D eigenvalue weighted by atomic mass is 9.93. The summed E-state index contributed by atoms with van der Waals surface area (Å²) in [5.41, 5.74) is 4.82. The normalized spacial score (nSPS) is 13.9. The monoisotopic (exact) mass is 432 g/mol. The highest BCUT2D eigenvalue weighted by Crippen LogP contribution is 2.28. The van der Waals surface area contributed by atoms with Crippen molar-refractivity contribution in [1.29, 1.82) is 0 Å². The Kier molecular flexibility index (Phi) is 6.30. The average molecular weight is 433 g/mol. The summed E-state index contributed by atoms with van der Waals surface area (Å²) in [5, 5.41) is 3.18. The largest absolute Gasteiger partial charge is 0.497 e. The van der Waals surface area contributed by atoms with Gasteiger partial charge in [-0.15, -0.1) is 0 Å². The lowest BCUT2D eigenvalue weighted by Crippen LogP contribution is -2.30. The fraction of sp³-hybridized carbons (Fsp3) is 0.308. The SMILES string of the molecule is COc1ccc(C[C@H](NC(=O)c2[nH]c3c(c2C)C(=O)CCC3)c2ccc(OC)cc2)cc1. The summed E-state index contributed by atoms with van der Waals surface area (Å²) in [6.07, 6.45) is 2.76. The standard InChI is InChI=1S/C26H28N2O4/c1-16-24-21(5-4-6-23(24)29)27-25(16)26(30)28-22(18-9-13-20(32-3)14-10-18)15-17-7-11-19(31-2)12-8-17/h7-14,22,27H,4-6,15H2,1-3H3,(H,28,30)/t22-/m0/s1. The second kappa shape index (κ2) is 9.30. The maximum absolute atomic E-state index is 13.3. The molecular weight excluding hydrogens is 404 g/mol. The number of ketones is 1. The molecule has 3 aromatic rings. The van der Waals surface area contributed by atoms with Crippen LogP contribution >= 0.6 is 0 Å². The van der Waals surface area contributed by atoms with E-state index in [2.05, 4.69) is 10.3 Å². The summed E-state index contributed by atoms with van der Waals surface area (Å²) in [4.78, 5) is 28.9. The summed E-state index contributed by atoms with van der Waals surface area (Å²) in [5.74, 6) is 1.45. The summed E-state index contributed by atoms with van der Waals surface area (Å²) in [6.45, 7) is 1.85. The minimum atomic E-state index is -0.253. The van der Waals surface area contributed by atoms with Crippen LogP contribution in [0.25, 0.3) is 0 Å². The van der Waals surface area contributed by atoms with Gasteiger partial charge in [0.1, 0.15) is 17.2 Å². The highest BCUT2D eigenvalue weighted by molar-refractivity contribution is 6.04. The van der Waals surface area contributed by atoms with Crippen LogP contribution in [0.3, 0.4) is 0 Å². The Bertz CT molecular complexity index is 1110. The van der Waals surface area contributed by atoms with Crippen LogP contribution in [-0.2, 0) is 12.8 Å². The van der Waals surface area contributed by atoms with E-state index in [-0.39, 0.29) is 17.7 Å². The Balaban J connectivity index is 1.62. The molecule has 0 saturated heterocycles. The molecule has 32 heavy (non-hydrogen) atoms. The van der Waals surface area contributed by atoms with Crippen LogP contribution in [0.5, 0.6) is 11.5 Å². The molecule has 1 atom stereocenters. The molecule has 2 N–H and O–H groups in total. The fourth-order valence-corrected chi connectivity index (χ4v) is 4.32. The number of carbonyl (C=O) groups excluding carboxylic acids is 2. The molecule has 0 spiro atoms. The lowest BCUT2D eigenvalue weighted by Gasteiger charge is -2.20. The molecule has 1 aliphatic carbocycles. The maximum atomic E-state index is 13.3. The number of aryl methyl sites for hydroxylation is 1. The van der Waals surface area contributed by atoms with Gasteiger partial charge in [-0.1, -0.05) is 24.3 Å². The number of ether oxygens (including phenoxy) is 2. The van der Waals surface area contributed by atoms with Gasteiger partial charge >= 0.3 is 0 Å². The molecule has 0 saturated carbocycles. The van der Waals surface area contributed by atoms with Crippen molar-refractivity contribution in [2.45, 2.75) is 38.6 Å². The molecular formula is C26H28N2O4. The van der Waals surface area contributed by atoms with Crippen molar-refractivity contribution in [3.05, 3.63) is 82.2 Å². The van der Waals surface area contributed by atoms with Gasteiger partial charge in [0.2, 0.25) is 0 Å². The molecule has 0 radical (unpaired) electrons. The van der Waals surface area contributed by atoms with Gasteiger partial charge in [-0.2, -0.15) is 0 Å². The first-order valence-corrected chi connectivity index (χ1v) is 10.8. The average Bonchev–Trinajstić information content (AvgIpc) is 3.17. The molecule has 4 rings (SSSR count). The van der Waals surface area contributed by atoms with Gasteiger partial charge in [0.25, 0.3) is 5.91 Å². The fourth-order valence-electron chi connectivity index (χ4n) is 4.32. The van der Waals surface area contributed by atoms with E-state index in [1.807, 2.05) is 55.5 Å². The maximum Gasteiger partial charge on any atom is 0.268 e. The van der Waals surface area contributed by atoms with Crippen LogP contribution in [0.2, 0.25) is 0 Å². The van der Waals surface area contributed by atoms with E-state index < -0.39 is 0 Å². The van der Waals surface area contributed by atoms with E-state index in [1.54, 1.807) is 14.2 Å². The minimum Gasteiger partial charge on any atom is -0.497 e. The quantitative estimate of drug-likeness (QED) is 0.573. The van der Waals surface area contributed by atoms with Crippen molar-refractivity contribution in [2.24, 2.45) is 0 Å². The van der Waals surface area contributed by atoms with E-state index in [1.165, 1.54) is 0 Å². The molecule has 1 heterocycles. The van der Waals surface area contributed by atoms with Gasteiger partial charge in [-0.05, 0) is 67.1 Å². The van der Waals surface area contributed by atoms with Gasteiger partial charge < -0.3 is 19.8 Å². The van der Waals surface area contributed by atoms with Gasteiger partial charge in [0.15, 0.2) is 5.78 Å². The number of aromatic nitrogens is 1. The van der Waals surface area contributed by atoms with Crippen molar-refractivity contribution in [3.63, 3.8) is 0 Å². The molecule has 0 aliphatic heterocycles. The second-order valence-electron chi connectivity index (χ2n) is 8.11. The van der Waals surface area contributed by atoms with Crippen LogP contribution in [-0.4, -0.2) is 30.9 Å². The molecule has 1 amide bonds. The predicted molar refractivity (Wildman–Crippen MR) is 123 cm³/mol. The molecule has 0 fully saturated rings. The minimum absolute atomic E-state index is 0.115. The van der Waals surface area contributed by atoms with Gasteiger partial charge in [0.05, 0.1) is 20.3 Å². The number of aromatic amines is 1.